The molecule has 8 heteroatoms. The summed E-state index contributed by atoms with van der Waals surface area (Å²) in [7, 11) is 0. The summed E-state index contributed by atoms with van der Waals surface area (Å²) in [5.74, 6) is -2.23. The highest BCUT2D eigenvalue weighted by atomic mass is 79.9. The summed E-state index contributed by atoms with van der Waals surface area (Å²) >= 11 is 7.08. The molecule has 0 atom stereocenters. The molecule has 0 radical (unpaired) electrons. The number of fused-ring (bicyclic) bond motifs is 1. The predicted molar refractivity (Wildman–Crippen MR) is 166 cm³/mol. The van der Waals surface area contributed by atoms with E-state index in [0.29, 0.717) is 45.8 Å². The van der Waals surface area contributed by atoms with Gasteiger partial charge in [-0.2, -0.15) is 0 Å². The van der Waals surface area contributed by atoms with Crippen molar-refractivity contribution >= 4 is 43.8 Å². The van der Waals surface area contributed by atoms with Crippen molar-refractivity contribution in [1.82, 2.24) is 0 Å². The number of carbonyl (C=O) groups is 2. The summed E-state index contributed by atoms with van der Waals surface area (Å²) in [4.78, 5) is 26.5. The number of cyclic esters (lactones) is 1. The van der Waals surface area contributed by atoms with Crippen LogP contribution in [0.5, 0.6) is 11.5 Å². The van der Waals surface area contributed by atoms with Gasteiger partial charge in [-0.15, -0.1) is 0 Å². The smallest absolute Gasteiger partial charge is 0.340 e. The van der Waals surface area contributed by atoms with Gasteiger partial charge in [0.25, 0.3) is 0 Å². The Morgan fingerprint density at radius 2 is 1.24 bits per heavy atom. The molecule has 0 aliphatic carbocycles. The van der Waals surface area contributed by atoms with Crippen molar-refractivity contribution in [3.8, 4) is 11.5 Å². The SMILES string of the molecule is CCCc1cc(Br)c(O)c(C2(c3c(O)c(Br)cc(CCC)c3CCC)OC(=O)c3cccc(C(=O)O)c32)c1CCC. The third kappa shape index (κ3) is 5.18. The van der Waals surface area contributed by atoms with Gasteiger partial charge in [0.05, 0.1) is 31.2 Å². The van der Waals surface area contributed by atoms with E-state index in [0.717, 1.165) is 47.9 Å². The molecule has 218 valence electrons. The normalized spacial score (nSPS) is 13.8. The lowest BCUT2D eigenvalue weighted by Gasteiger charge is -2.37. The van der Waals surface area contributed by atoms with Crippen molar-refractivity contribution in [3.63, 3.8) is 0 Å². The van der Waals surface area contributed by atoms with Crippen molar-refractivity contribution in [3.05, 3.63) is 89.3 Å². The Labute approximate surface area is 258 Å². The third-order valence-corrected chi connectivity index (χ3v) is 8.97. The molecule has 0 amide bonds. The van der Waals surface area contributed by atoms with E-state index in [2.05, 4.69) is 45.7 Å². The number of aromatic hydroxyl groups is 2. The maximum absolute atomic E-state index is 13.8. The number of benzene rings is 3. The molecule has 3 aromatic rings. The summed E-state index contributed by atoms with van der Waals surface area (Å²) in [6, 6.07) is 8.29. The molecule has 0 bridgehead atoms. The molecule has 0 saturated heterocycles. The lowest BCUT2D eigenvalue weighted by atomic mass is 9.71. The molecule has 0 spiro atoms. The Morgan fingerprint density at radius 3 is 1.66 bits per heavy atom. The van der Waals surface area contributed by atoms with Crippen molar-refractivity contribution in [1.29, 1.82) is 0 Å². The van der Waals surface area contributed by atoms with E-state index in [1.807, 2.05) is 26.0 Å². The number of esters is 1. The zero-order chi connectivity index (χ0) is 30.1. The second-order valence-corrected chi connectivity index (χ2v) is 12.3. The molecule has 4 rings (SSSR count). The number of ether oxygens (including phenoxy) is 1. The van der Waals surface area contributed by atoms with Crippen LogP contribution >= 0.6 is 31.9 Å². The highest BCUT2D eigenvalue weighted by molar-refractivity contribution is 9.10. The topological polar surface area (TPSA) is 104 Å². The average Bonchev–Trinajstić information content (AvgIpc) is 3.23. The van der Waals surface area contributed by atoms with Crippen LogP contribution in [-0.4, -0.2) is 27.3 Å². The first kappa shape index (κ1) is 31.1. The summed E-state index contributed by atoms with van der Waals surface area (Å²) in [6.45, 7) is 8.19. The maximum Gasteiger partial charge on any atom is 0.340 e. The fourth-order valence-corrected chi connectivity index (χ4v) is 7.23. The number of rotatable bonds is 11. The lowest BCUT2D eigenvalue weighted by Crippen LogP contribution is -2.35. The van der Waals surface area contributed by atoms with Crippen molar-refractivity contribution in [2.24, 2.45) is 0 Å². The van der Waals surface area contributed by atoms with Crippen LogP contribution < -0.4 is 0 Å². The molecule has 0 fully saturated rings. The van der Waals surface area contributed by atoms with E-state index in [9.17, 15) is 24.9 Å². The summed E-state index contributed by atoms with van der Waals surface area (Å²) < 4.78 is 7.25. The molecular weight excluding hydrogens is 652 g/mol. The Balaban J connectivity index is 2.37. The number of carboxylic acid groups (broad SMARTS) is 1. The summed E-state index contributed by atoms with van der Waals surface area (Å²) in [5, 5.41) is 34.2. The Morgan fingerprint density at radius 1 is 0.780 bits per heavy atom. The van der Waals surface area contributed by atoms with Gasteiger partial charge in [0, 0.05) is 5.56 Å². The first-order chi connectivity index (χ1) is 19.6. The molecule has 3 aromatic carbocycles. The highest BCUT2D eigenvalue weighted by Crippen LogP contribution is 2.58. The number of aryl methyl sites for hydroxylation is 2. The Kier molecular flexibility index (Phi) is 9.54. The van der Waals surface area contributed by atoms with Gasteiger partial charge >= 0.3 is 11.9 Å². The first-order valence-electron chi connectivity index (χ1n) is 14.3. The molecule has 6 nitrogen and oxygen atoms in total. The molecule has 0 aromatic heterocycles. The summed E-state index contributed by atoms with van der Waals surface area (Å²) in [5.41, 5.74) is 2.29. The van der Waals surface area contributed by atoms with E-state index in [4.69, 9.17) is 4.74 Å². The number of carbonyl (C=O) groups excluding carboxylic acids is 1. The van der Waals surface area contributed by atoms with Crippen LogP contribution in [0, 0.1) is 0 Å². The van der Waals surface area contributed by atoms with Crippen LogP contribution in [0.4, 0.5) is 0 Å². The van der Waals surface area contributed by atoms with Gasteiger partial charge in [0.2, 0.25) is 0 Å². The van der Waals surface area contributed by atoms with Gasteiger partial charge in [-0.3, -0.25) is 0 Å². The molecule has 0 saturated carbocycles. The number of phenols is 2. The molecule has 1 aliphatic rings. The minimum atomic E-state index is -1.91. The number of hydrogen-bond acceptors (Lipinski definition) is 5. The second kappa shape index (κ2) is 12.6. The zero-order valence-electron chi connectivity index (χ0n) is 23.9. The maximum atomic E-state index is 13.8. The summed E-state index contributed by atoms with van der Waals surface area (Å²) in [6.07, 6.45) is 5.63. The van der Waals surface area contributed by atoms with E-state index < -0.39 is 17.5 Å². The highest BCUT2D eigenvalue weighted by Gasteiger charge is 2.56. The molecule has 0 unspecified atom stereocenters. The van der Waals surface area contributed by atoms with Crippen molar-refractivity contribution < 1.29 is 29.6 Å². The third-order valence-electron chi connectivity index (χ3n) is 7.76. The van der Waals surface area contributed by atoms with E-state index in [1.54, 1.807) is 6.07 Å². The van der Waals surface area contributed by atoms with E-state index >= 15 is 0 Å². The number of aromatic carboxylic acids is 1. The van der Waals surface area contributed by atoms with Gasteiger partial charge in [-0.25, -0.2) is 9.59 Å². The van der Waals surface area contributed by atoms with Crippen LogP contribution in [0.2, 0.25) is 0 Å². The number of carboxylic acids is 1. The first-order valence-corrected chi connectivity index (χ1v) is 15.8. The minimum absolute atomic E-state index is 0.0997. The number of phenolic OH excluding ortho intramolecular Hbond substituents is 2. The van der Waals surface area contributed by atoms with Gasteiger partial charge in [0.1, 0.15) is 11.5 Å². The molecule has 41 heavy (non-hydrogen) atoms. The number of hydrogen-bond donors (Lipinski definition) is 3. The Hall–Kier alpha value is -2.84. The van der Waals surface area contributed by atoms with Crippen LogP contribution in [0.1, 0.15) is 113 Å². The van der Waals surface area contributed by atoms with Crippen LogP contribution in [0.3, 0.4) is 0 Å². The van der Waals surface area contributed by atoms with Gasteiger partial charge in [-0.1, -0.05) is 59.4 Å². The fourth-order valence-electron chi connectivity index (χ4n) is 6.28. The van der Waals surface area contributed by atoms with Gasteiger partial charge in [-0.05, 0) is 104 Å². The van der Waals surface area contributed by atoms with Gasteiger partial charge in [0.15, 0.2) is 5.60 Å². The average molecular weight is 688 g/mol. The molecule has 1 aliphatic heterocycles. The van der Waals surface area contributed by atoms with Crippen LogP contribution in [0.25, 0.3) is 0 Å². The van der Waals surface area contributed by atoms with Gasteiger partial charge < -0.3 is 20.1 Å². The lowest BCUT2D eigenvalue weighted by molar-refractivity contribution is 0.0227. The fraction of sp³-hybridized carbons (Fsp3) is 0.394. The second-order valence-electron chi connectivity index (χ2n) is 10.5. The molecular formula is C33H36Br2O6. The van der Waals surface area contributed by atoms with Crippen molar-refractivity contribution in [2.75, 3.05) is 0 Å². The van der Waals surface area contributed by atoms with Crippen LogP contribution in [-0.2, 0) is 36.0 Å². The van der Waals surface area contributed by atoms with E-state index in [1.165, 1.54) is 12.1 Å². The standard InChI is InChI=1S/C33H36Br2O6/c1-5-10-18-16-24(34)29(36)27(20(18)12-7-3)33(26-22(31(38)39)14-9-15-23(26)32(40)41-33)28-21(13-8-4)19(11-6-2)17-25(35)30(28)37/h9,14-17,36-37H,5-8,10-13H2,1-4H3,(H,38,39). The largest absolute Gasteiger partial charge is 0.506 e. The van der Waals surface area contributed by atoms with E-state index in [-0.39, 0.29) is 28.2 Å². The Bertz CT molecular complexity index is 1440. The molecule has 1 heterocycles. The monoisotopic (exact) mass is 686 g/mol. The van der Waals surface area contributed by atoms with Crippen molar-refractivity contribution in [2.45, 2.75) is 84.7 Å². The minimum Gasteiger partial charge on any atom is -0.506 e. The number of halogens is 2. The predicted octanol–water partition coefficient (Wildman–Crippen LogP) is 8.59. The molecule has 3 N–H and O–H groups in total. The zero-order valence-corrected chi connectivity index (χ0v) is 27.0. The van der Waals surface area contributed by atoms with Crippen LogP contribution in [0.15, 0.2) is 39.3 Å². The quantitative estimate of drug-likeness (QED) is 0.175.